The normalized spacial score (nSPS) is 29.1. The molecule has 1 saturated heterocycles. The minimum absolute atomic E-state index is 0.194. The number of β-amino-alcohol motifs (C(OH)–C–C–N with tert-alkyl or cyclic N) is 1. The fourth-order valence-corrected chi connectivity index (χ4v) is 1.99. The first kappa shape index (κ1) is 11.0. The van der Waals surface area contributed by atoms with Crippen molar-refractivity contribution in [1.82, 2.24) is 9.80 Å². The Balaban J connectivity index is 2.36. The third-order valence-electron chi connectivity index (χ3n) is 2.85. The Morgan fingerprint density at radius 2 is 2.15 bits per heavy atom. The Morgan fingerprint density at radius 3 is 2.69 bits per heavy atom. The molecule has 1 N–H and O–H groups in total. The van der Waals surface area contributed by atoms with E-state index < -0.39 is 0 Å². The number of aliphatic hydroxyl groups is 1. The summed E-state index contributed by atoms with van der Waals surface area (Å²) in [6.07, 6.45) is 1.01. The van der Waals surface area contributed by atoms with Crippen molar-refractivity contribution >= 4 is 0 Å². The van der Waals surface area contributed by atoms with Gasteiger partial charge < -0.3 is 10.0 Å². The molecule has 3 heteroatoms. The van der Waals surface area contributed by atoms with E-state index in [-0.39, 0.29) is 6.10 Å². The minimum atomic E-state index is -0.194. The smallest absolute Gasteiger partial charge is 0.0639 e. The van der Waals surface area contributed by atoms with Gasteiger partial charge in [0, 0.05) is 32.2 Å². The van der Waals surface area contributed by atoms with Crippen molar-refractivity contribution in [3.8, 4) is 0 Å². The van der Waals surface area contributed by atoms with E-state index in [1.165, 1.54) is 6.42 Å². The van der Waals surface area contributed by atoms with Crippen molar-refractivity contribution in [3.05, 3.63) is 0 Å². The molecule has 78 valence electrons. The highest BCUT2D eigenvalue weighted by molar-refractivity contribution is 4.79. The molecule has 1 heterocycles. The van der Waals surface area contributed by atoms with E-state index in [0.29, 0.717) is 6.04 Å². The average Bonchev–Trinajstić information content (AvgIpc) is 2.07. The molecule has 0 saturated carbocycles. The second-order valence-electron chi connectivity index (χ2n) is 4.15. The summed E-state index contributed by atoms with van der Waals surface area (Å²) in [4.78, 5) is 4.78. The Bertz CT molecular complexity index is 150. The molecule has 0 radical (unpaired) electrons. The van der Waals surface area contributed by atoms with E-state index in [1.807, 2.05) is 6.92 Å². The summed E-state index contributed by atoms with van der Waals surface area (Å²) in [6, 6.07) is 0.674. The van der Waals surface area contributed by atoms with Gasteiger partial charge >= 0.3 is 0 Å². The molecule has 0 aromatic heterocycles. The van der Waals surface area contributed by atoms with Crippen LogP contribution < -0.4 is 0 Å². The van der Waals surface area contributed by atoms with Gasteiger partial charge in [-0.25, -0.2) is 0 Å². The molecule has 0 aliphatic carbocycles. The topological polar surface area (TPSA) is 26.7 Å². The quantitative estimate of drug-likeness (QED) is 0.691. The Hall–Kier alpha value is -0.120. The first-order valence-corrected chi connectivity index (χ1v) is 5.24. The first-order chi connectivity index (χ1) is 6.13. The molecule has 13 heavy (non-hydrogen) atoms. The molecule has 1 aliphatic heterocycles. The molecule has 1 aliphatic rings. The molecule has 3 nitrogen and oxygen atoms in total. The maximum absolute atomic E-state index is 9.27. The molecule has 0 spiro atoms. The van der Waals surface area contributed by atoms with Crippen LogP contribution in [0.15, 0.2) is 0 Å². The summed E-state index contributed by atoms with van der Waals surface area (Å²) in [5.74, 6) is 0. The number of rotatable bonds is 3. The standard InChI is InChI=1S/C10H22N2O/c1-4-10-8-12(7-9(2)13)6-5-11(10)3/h9-10,13H,4-8H2,1-3H3/t9-,10?/m0/s1. The van der Waals surface area contributed by atoms with E-state index in [4.69, 9.17) is 0 Å². The van der Waals surface area contributed by atoms with Crippen LogP contribution in [-0.2, 0) is 0 Å². The van der Waals surface area contributed by atoms with Crippen molar-refractivity contribution < 1.29 is 5.11 Å². The lowest BCUT2D eigenvalue weighted by atomic mass is 10.1. The molecular weight excluding hydrogens is 164 g/mol. The largest absolute Gasteiger partial charge is 0.392 e. The molecule has 0 aromatic carbocycles. The molecule has 0 aromatic rings. The lowest BCUT2D eigenvalue weighted by Crippen LogP contribution is -2.52. The van der Waals surface area contributed by atoms with E-state index in [9.17, 15) is 5.11 Å². The number of hydrogen-bond donors (Lipinski definition) is 1. The van der Waals surface area contributed by atoms with Gasteiger partial charge in [0.2, 0.25) is 0 Å². The van der Waals surface area contributed by atoms with Crippen LogP contribution in [0, 0.1) is 0 Å². The third-order valence-corrected chi connectivity index (χ3v) is 2.85. The van der Waals surface area contributed by atoms with Crippen LogP contribution in [0.2, 0.25) is 0 Å². The van der Waals surface area contributed by atoms with Crippen LogP contribution in [-0.4, -0.2) is 60.3 Å². The van der Waals surface area contributed by atoms with Gasteiger partial charge in [-0.15, -0.1) is 0 Å². The second-order valence-corrected chi connectivity index (χ2v) is 4.15. The highest BCUT2D eigenvalue weighted by Gasteiger charge is 2.22. The van der Waals surface area contributed by atoms with Crippen LogP contribution in [0.4, 0.5) is 0 Å². The summed E-state index contributed by atoms with van der Waals surface area (Å²) < 4.78 is 0. The highest BCUT2D eigenvalue weighted by Crippen LogP contribution is 2.10. The molecule has 0 amide bonds. The zero-order valence-corrected chi connectivity index (χ0v) is 9.03. The summed E-state index contributed by atoms with van der Waals surface area (Å²) in [5.41, 5.74) is 0. The maximum Gasteiger partial charge on any atom is 0.0639 e. The SMILES string of the molecule is CCC1CN(C[C@H](C)O)CCN1C. The predicted octanol–water partition coefficient (Wildman–Crippen LogP) is 0.393. The van der Waals surface area contributed by atoms with Crippen molar-refractivity contribution in [2.45, 2.75) is 32.4 Å². The molecule has 1 unspecified atom stereocenters. The van der Waals surface area contributed by atoms with Crippen molar-refractivity contribution in [2.24, 2.45) is 0 Å². The number of likely N-dealkylation sites (N-methyl/N-ethyl adjacent to an activating group) is 1. The number of hydrogen-bond acceptors (Lipinski definition) is 3. The van der Waals surface area contributed by atoms with E-state index in [2.05, 4.69) is 23.8 Å². The van der Waals surface area contributed by atoms with Gasteiger partial charge in [-0.05, 0) is 20.4 Å². The Labute approximate surface area is 81.3 Å². The van der Waals surface area contributed by atoms with Gasteiger partial charge in [0.25, 0.3) is 0 Å². The van der Waals surface area contributed by atoms with Gasteiger partial charge in [-0.1, -0.05) is 6.92 Å². The van der Waals surface area contributed by atoms with Gasteiger partial charge in [-0.3, -0.25) is 4.90 Å². The monoisotopic (exact) mass is 186 g/mol. The first-order valence-electron chi connectivity index (χ1n) is 5.24. The Kier molecular flexibility index (Phi) is 4.16. The number of nitrogens with zero attached hydrogens (tertiary/aromatic N) is 2. The average molecular weight is 186 g/mol. The molecular formula is C10H22N2O. The van der Waals surface area contributed by atoms with Crippen molar-refractivity contribution in [2.75, 3.05) is 33.2 Å². The van der Waals surface area contributed by atoms with Gasteiger partial charge in [0.05, 0.1) is 6.10 Å². The lowest BCUT2D eigenvalue weighted by molar-refractivity contribution is 0.0566. The van der Waals surface area contributed by atoms with E-state index in [1.54, 1.807) is 0 Å². The molecule has 0 bridgehead atoms. The summed E-state index contributed by atoms with van der Waals surface area (Å²) in [7, 11) is 2.19. The van der Waals surface area contributed by atoms with Crippen LogP contribution in [0.5, 0.6) is 0 Å². The maximum atomic E-state index is 9.27. The van der Waals surface area contributed by atoms with Crippen molar-refractivity contribution in [1.29, 1.82) is 0 Å². The predicted molar refractivity (Wildman–Crippen MR) is 54.8 cm³/mol. The zero-order valence-electron chi connectivity index (χ0n) is 9.03. The fraction of sp³-hybridized carbons (Fsp3) is 1.00. The van der Waals surface area contributed by atoms with Crippen LogP contribution >= 0.6 is 0 Å². The van der Waals surface area contributed by atoms with Gasteiger partial charge in [-0.2, -0.15) is 0 Å². The van der Waals surface area contributed by atoms with E-state index >= 15 is 0 Å². The highest BCUT2D eigenvalue weighted by atomic mass is 16.3. The molecule has 2 atom stereocenters. The molecule has 1 fully saturated rings. The number of aliphatic hydroxyl groups excluding tert-OH is 1. The Morgan fingerprint density at radius 1 is 1.46 bits per heavy atom. The third kappa shape index (κ3) is 3.25. The minimum Gasteiger partial charge on any atom is -0.392 e. The summed E-state index contributed by atoms with van der Waals surface area (Å²) in [6.45, 7) is 8.25. The van der Waals surface area contributed by atoms with Crippen molar-refractivity contribution in [3.63, 3.8) is 0 Å². The van der Waals surface area contributed by atoms with E-state index in [0.717, 1.165) is 26.2 Å². The van der Waals surface area contributed by atoms with Crippen LogP contribution in [0.25, 0.3) is 0 Å². The number of piperazine rings is 1. The molecule has 1 rings (SSSR count). The van der Waals surface area contributed by atoms with Crippen LogP contribution in [0.3, 0.4) is 0 Å². The lowest BCUT2D eigenvalue weighted by Gasteiger charge is -2.39. The fourth-order valence-electron chi connectivity index (χ4n) is 1.99. The zero-order chi connectivity index (χ0) is 9.84. The van der Waals surface area contributed by atoms with Gasteiger partial charge in [0.15, 0.2) is 0 Å². The summed E-state index contributed by atoms with van der Waals surface area (Å²) >= 11 is 0. The van der Waals surface area contributed by atoms with Gasteiger partial charge in [0.1, 0.15) is 0 Å². The summed E-state index contributed by atoms with van der Waals surface area (Å²) in [5, 5.41) is 9.27. The second kappa shape index (κ2) is 4.94. The van der Waals surface area contributed by atoms with Crippen LogP contribution in [0.1, 0.15) is 20.3 Å².